The van der Waals surface area contributed by atoms with Gasteiger partial charge in [0.05, 0.1) is 6.10 Å². The van der Waals surface area contributed by atoms with Gasteiger partial charge < -0.3 is 15.2 Å². The van der Waals surface area contributed by atoms with Gasteiger partial charge in [0.15, 0.2) is 5.69 Å². The predicted octanol–water partition coefficient (Wildman–Crippen LogP) is 1.14. The molecule has 0 saturated heterocycles. The Labute approximate surface area is 98.6 Å². The van der Waals surface area contributed by atoms with Gasteiger partial charge in [0.2, 0.25) is 0 Å². The molecule has 1 aromatic rings. The number of nitrogens with one attached hydrogen (secondary N) is 1. The molecule has 0 unspecified atom stereocenters. The molecule has 17 heavy (non-hydrogen) atoms. The molecule has 1 aromatic heterocycles. The molecule has 0 atom stereocenters. The third-order valence-electron chi connectivity index (χ3n) is 1.78. The Morgan fingerprint density at radius 2 is 2.18 bits per heavy atom. The van der Waals surface area contributed by atoms with Crippen LogP contribution in [0.1, 0.15) is 24.3 Å². The topological polar surface area (TPSA) is 88.5 Å². The van der Waals surface area contributed by atoms with Crippen LogP contribution in [0, 0.1) is 0 Å². The Hall–Kier alpha value is -1.95. The van der Waals surface area contributed by atoms with E-state index in [9.17, 15) is 9.59 Å². The lowest BCUT2D eigenvalue weighted by Crippen LogP contribution is -2.21. The van der Waals surface area contributed by atoms with Crippen molar-refractivity contribution in [3.05, 3.63) is 23.9 Å². The number of hydrogen-bond acceptors (Lipinski definition) is 4. The van der Waals surface area contributed by atoms with Crippen LogP contribution in [0.3, 0.4) is 0 Å². The van der Waals surface area contributed by atoms with E-state index >= 15 is 0 Å². The van der Waals surface area contributed by atoms with E-state index in [4.69, 9.17) is 9.84 Å². The number of aromatic carboxylic acids is 1. The van der Waals surface area contributed by atoms with Crippen molar-refractivity contribution in [3.63, 3.8) is 0 Å². The minimum atomic E-state index is -1.14. The first-order valence-corrected chi connectivity index (χ1v) is 5.11. The fraction of sp³-hybridized carbons (Fsp3) is 0.364. The first-order valence-electron chi connectivity index (χ1n) is 5.11. The normalized spacial score (nSPS) is 10.3. The third-order valence-corrected chi connectivity index (χ3v) is 1.78. The lowest BCUT2D eigenvalue weighted by molar-refractivity contribution is -0.121. The quantitative estimate of drug-likeness (QED) is 0.803. The Balaban J connectivity index is 2.59. The van der Waals surface area contributed by atoms with Crippen LogP contribution >= 0.6 is 0 Å². The summed E-state index contributed by atoms with van der Waals surface area (Å²) < 4.78 is 5.10. The van der Waals surface area contributed by atoms with Crippen molar-refractivity contribution in [2.75, 3.05) is 11.9 Å². The van der Waals surface area contributed by atoms with Crippen LogP contribution < -0.4 is 5.32 Å². The smallest absolute Gasteiger partial charge is 0.354 e. The summed E-state index contributed by atoms with van der Waals surface area (Å²) in [6.07, 6.45) is -0.0425. The number of carboxylic acids is 1. The van der Waals surface area contributed by atoms with Crippen molar-refractivity contribution in [3.8, 4) is 0 Å². The second-order valence-corrected chi connectivity index (χ2v) is 3.62. The highest BCUT2D eigenvalue weighted by molar-refractivity contribution is 5.92. The fourth-order valence-corrected chi connectivity index (χ4v) is 1.04. The molecule has 0 aliphatic heterocycles. The van der Waals surface area contributed by atoms with Gasteiger partial charge in [-0.25, -0.2) is 9.78 Å². The first kappa shape index (κ1) is 13.1. The molecule has 1 heterocycles. The third kappa shape index (κ3) is 4.60. The molecule has 0 spiro atoms. The van der Waals surface area contributed by atoms with Crippen molar-refractivity contribution in [1.29, 1.82) is 0 Å². The summed E-state index contributed by atoms with van der Waals surface area (Å²) in [6, 6.07) is 4.37. The zero-order chi connectivity index (χ0) is 12.8. The van der Waals surface area contributed by atoms with Gasteiger partial charge in [-0.3, -0.25) is 4.79 Å². The first-order chi connectivity index (χ1) is 7.99. The summed E-state index contributed by atoms with van der Waals surface area (Å²) >= 11 is 0. The van der Waals surface area contributed by atoms with Crippen LogP contribution in [0.25, 0.3) is 0 Å². The standard InChI is InChI=1S/C11H14N2O4/c1-7(2)17-6-10(14)13-9-5-3-4-8(12-9)11(15)16/h3-5,7H,6H2,1-2H3,(H,15,16)(H,12,13,14). The van der Waals surface area contributed by atoms with Crippen LogP contribution in [-0.2, 0) is 9.53 Å². The molecule has 0 radical (unpaired) electrons. The van der Waals surface area contributed by atoms with E-state index < -0.39 is 5.97 Å². The average molecular weight is 238 g/mol. The van der Waals surface area contributed by atoms with Crippen molar-refractivity contribution >= 4 is 17.7 Å². The van der Waals surface area contributed by atoms with Gasteiger partial charge in [0.25, 0.3) is 5.91 Å². The highest BCUT2D eigenvalue weighted by Crippen LogP contribution is 2.04. The van der Waals surface area contributed by atoms with Gasteiger partial charge in [-0.1, -0.05) is 6.07 Å². The zero-order valence-corrected chi connectivity index (χ0v) is 9.64. The number of rotatable bonds is 5. The van der Waals surface area contributed by atoms with Crippen molar-refractivity contribution in [2.24, 2.45) is 0 Å². The summed E-state index contributed by atoms with van der Waals surface area (Å²) in [5, 5.41) is 11.2. The Bertz CT molecular complexity index is 418. The second-order valence-electron chi connectivity index (χ2n) is 3.62. The molecule has 6 heteroatoms. The van der Waals surface area contributed by atoms with Gasteiger partial charge in [-0.15, -0.1) is 0 Å². The molecular formula is C11H14N2O4. The number of pyridine rings is 1. The summed E-state index contributed by atoms with van der Waals surface area (Å²) in [6.45, 7) is 3.55. The fourth-order valence-electron chi connectivity index (χ4n) is 1.04. The van der Waals surface area contributed by atoms with Crippen LogP contribution in [-0.4, -0.2) is 34.7 Å². The predicted molar refractivity (Wildman–Crippen MR) is 60.9 cm³/mol. The highest BCUT2D eigenvalue weighted by atomic mass is 16.5. The second kappa shape index (κ2) is 5.95. The van der Waals surface area contributed by atoms with Crippen LogP contribution in [0.2, 0.25) is 0 Å². The van der Waals surface area contributed by atoms with E-state index in [1.54, 1.807) is 0 Å². The Morgan fingerprint density at radius 3 is 2.76 bits per heavy atom. The van der Waals surface area contributed by atoms with Gasteiger partial charge in [0, 0.05) is 0 Å². The number of carbonyl (C=O) groups is 2. The molecule has 92 valence electrons. The van der Waals surface area contributed by atoms with E-state index in [1.165, 1.54) is 18.2 Å². The number of nitrogens with zero attached hydrogens (tertiary/aromatic N) is 1. The summed E-state index contributed by atoms with van der Waals surface area (Å²) in [4.78, 5) is 25.8. The monoisotopic (exact) mass is 238 g/mol. The summed E-state index contributed by atoms with van der Waals surface area (Å²) in [5.41, 5.74) is -0.118. The van der Waals surface area contributed by atoms with Crippen LogP contribution in [0.4, 0.5) is 5.82 Å². The molecule has 0 saturated carbocycles. The molecule has 1 rings (SSSR count). The minimum Gasteiger partial charge on any atom is -0.477 e. The highest BCUT2D eigenvalue weighted by Gasteiger charge is 2.08. The lowest BCUT2D eigenvalue weighted by atomic mass is 10.3. The van der Waals surface area contributed by atoms with Crippen LogP contribution in [0.15, 0.2) is 18.2 Å². The van der Waals surface area contributed by atoms with Gasteiger partial charge >= 0.3 is 5.97 Å². The summed E-state index contributed by atoms with van der Waals surface area (Å²) in [7, 11) is 0. The maximum absolute atomic E-state index is 11.4. The van der Waals surface area contributed by atoms with E-state index in [0.717, 1.165) is 0 Å². The number of anilines is 1. The number of hydrogen-bond donors (Lipinski definition) is 2. The Morgan fingerprint density at radius 1 is 1.47 bits per heavy atom. The number of ether oxygens (including phenoxy) is 1. The van der Waals surface area contributed by atoms with Gasteiger partial charge in [0.1, 0.15) is 12.4 Å². The van der Waals surface area contributed by atoms with Gasteiger partial charge in [-0.05, 0) is 26.0 Å². The molecule has 0 bridgehead atoms. The zero-order valence-electron chi connectivity index (χ0n) is 9.64. The molecule has 2 N–H and O–H groups in total. The maximum Gasteiger partial charge on any atom is 0.354 e. The molecule has 1 amide bonds. The average Bonchev–Trinajstić information content (AvgIpc) is 2.26. The molecule has 0 aliphatic carbocycles. The van der Waals surface area contributed by atoms with Gasteiger partial charge in [-0.2, -0.15) is 0 Å². The number of carbonyl (C=O) groups excluding carboxylic acids is 1. The number of amides is 1. The molecule has 0 fully saturated rings. The Kier molecular flexibility index (Phi) is 4.59. The maximum atomic E-state index is 11.4. The van der Waals surface area contributed by atoms with E-state index in [0.29, 0.717) is 0 Å². The van der Waals surface area contributed by atoms with E-state index in [2.05, 4.69) is 10.3 Å². The molecular weight excluding hydrogens is 224 g/mol. The minimum absolute atomic E-state index is 0.0425. The molecule has 0 aromatic carbocycles. The molecule has 0 aliphatic rings. The number of carboxylic acid groups (broad SMARTS) is 1. The largest absolute Gasteiger partial charge is 0.477 e. The summed E-state index contributed by atoms with van der Waals surface area (Å²) in [5.74, 6) is -1.31. The van der Waals surface area contributed by atoms with Crippen molar-refractivity contribution in [1.82, 2.24) is 4.98 Å². The number of aromatic nitrogens is 1. The van der Waals surface area contributed by atoms with Crippen LogP contribution in [0.5, 0.6) is 0 Å². The molecule has 6 nitrogen and oxygen atoms in total. The van der Waals surface area contributed by atoms with Crippen molar-refractivity contribution in [2.45, 2.75) is 20.0 Å². The SMILES string of the molecule is CC(C)OCC(=O)Nc1cccc(C(=O)O)n1. The van der Waals surface area contributed by atoms with Crippen molar-refractivity contribution < 1.29 is 19.4 Å². The van der Waals surface area contributed by atoms with E-state index in [-0.39, 0.29) is 30.1 Å². The lowest BCUT2D eigenvalue weighted by Gasteiger charge is -2.08. The van der Waals surface area contributed by atoms with E-state index in [1.807, 2.05) is 13.8 Å².